The average Bonchev–Trinajstić information content (AvgIpc) is 2.32. The summed E-state index contributed by atoms with van der Waals surface area (Å²) in [7, 11) is -3.65. The normalized spacial score (nSPS) is 13.8. The van der Waals surface area contributed by atoms with Crippen LogP contribution in [0.3, 0.4) is 0 Å². The van der Waals surface area contributed by atoms with Crippen LogP contribution in [0.2, 0.25) is 0 Å². The summed E-state index contributed by atoms with van der Waals surface area (Å²) >= 11 is 0. The van der Waals surface area contributed by atoms with Crippen LogP contribution >= 0.6 is 0 Å². The molecule has 1 unspecified atom stereocenters. The van der Waals surface area contributed by atoms with Gasteiger partial charge in [-0.1, -0.05) is 20.8 Å². The molecule has 0 bridgehead atoms. The molecule has 19 heavy (non-hydrogen) atoms. The van der Waals surface area contributed by atoms with Gasteiger partial charge in [-0.05, 0) is 36.5 Å². The number of sulfonamides is 1. The summed E-state index contributed by atoms with van der Waals surface area (Å²) in [5.41, 5.74) is 5.52. The SMILES string of the molecule is Cc1cc(S(=O)(=O)NCC(C)C(C)C)cc(N)c1F. The van der Waals surface area contributed by atoms with E-state index in [1.165, 1.54) is 13.0 Å². The predicted molar refractivity (Wildman–Crippen MR) is 74.7 cm³/mol. The maximum absolute atomic E-state index is 13.4. The number of anilines is 1. The van der Waals surface area contributed by atoms with Crippen molar-refractivity contribution in [3.63, 3.8) is 0 Å². The first-order valence-electron chi connectivity index (χ1n) is 6.20. The van der Waals surface area contributed by atoms with Gasteiger partial charge >= 0.3 is 0 Å². The molecule has 0 heterocycles. The fourth-order valence-corrected chi connectivity index (χ4v) is 2.74. The quantitative estimate of drug-likeness (QED) is 0.817. The smallest absolute Gasteiger partial charge is 0.240 e. The molecule has 1 aromatic rings. The molecule has 0 aromatic heterocycles. The standard InChI is InChI=1S/C13H21FN2O2S/c1-8(2)10(4)7-16-19(17,18)11-5-9(3)13(14)12(15)6-11/h5-6,8,10,16H,7,15H2,1-4H3. The van der Waals surface area contributed by atoms with Crippen LogP contribution in [-0.4, -0.2) is 15.0 Å². The summed E-state index contributed by atoms with van der Waals surface area (Å²) in [5, 5.41) is 0. The highest BCUT2D eigenvalue weighted by Gasteiger charge is 2.18. The average molecular weight is 288 g/mol. The number of rotatable bonds is 5. The Morgan fingerprint density at radius 2 is 1.89 bits per heavy atom. The van der Waals surface area contributed by atoms with Crippen LogP contribution < -0.4 is 10.5 Å². The maximum Gasteiger partial charge on any atom is 0.240 e. The predicted octanol–water partition coefficient (Wildman–Crippen LogP) is 2.29. The molecule has 4 nitrogen and oxygen atoms in total. The van der Waals surface area contributed by atoms with E-state index in [-0.39, 0.29) is 22.1 Å². The molecule has 0 aliphatic heterocycles. The van der Waals surface area contributed by atoms with Crippen molar-refractivity contribution in [2.24, 2.45) is 11.8 Å². The van der Waals surface area contributed by atoms with E-state index in [4.69, 9.17) is 5.73 Å². The van der Waals surface area contributed by atoms with Gasteiger partial charge in [-0.2, -0.15) is 0 Å². The molecule has 0 amide bonds. The topological polar surface area (TPSA) is 72.2 Å². The van der Waals surface area contributed by atoms with Gasteiger partial charge in [0.2, 0.25) is 10.0 Å². The molecule has 1 aromatic carbocycles. The van der Waals surface area contributed by atoms with Crippen LogP contribution in [0, 0.1) is 24.6 Å². The lowest BCUT2D eigenvalue weighted by Gasteiger charge is -2.16. The highest BCUT2D eigenvalue weighted by molar-refractivity contribution is 7.89. The molecule has 0 aliphatic rings. The minimum atomic E-state index is -3.65. The van der Waals surface area contributed by atoms with E-state index >= 15 is 0 Å². The third kappa shape index (κ3) is 3.91. The minimum absolute atomic E-state index is 0.000133. The van der Waals surface area contributed by atoms with Crippen molar-refractivity contribution >= 4 is 15.7 Å². The molecule has 108 valence electrons. The Labute approximate surface area is 114 Å². The van der Waals surface area contributed by atoms with Crippen molar-refractivity contribution < 1.29 is 12.8 Å². The molecule has 0 radical (unpaired) electrons. The van der Waals surface area contributed by atoms with E-state index in [0.717, 1.165) is 6.07 Å². The second-order valence-corrected chi connectivity index (χ2v) is 6.98. The maximum atomic E-state index is 13.4. The summed E-state index contributed by atoms with van der Waals surface area (Å²) in [6.07, 6.45) is 0. The second-order valence-electron chi connectivity index (χ2n) is 5.22. The molecule has 1 rings (SSSR count). The van der Waals surface area contributed by atoms with Crippen LogP contribution in [0.15, 0.2) is 17.0 Å². The Hall–Kier alpha value is -1.14. The fourth-order valence-electron chi connectivity index (χ4n) is 1.48. The van der Waals surface area contributed by atoms with E-state index in [1.54, 1.807) is 0 Å². The van der Waals surface area contributed by atoms with Gasteiger partial charge in [0, 0.05) is 6.54 Å². The number of halogens is 1. The largest absolute Gasteiger partial charge is 0.396 e. The zero-order valence-electron chi connectivity index (χ0n) is 11.7. The van der Waals surface area contributed by atoms with E-state index in [2.05, 4.69) is 4.72 Å². The molecule has 6 heteroatoms. The summed E-state index contributed by atoms with van der Waals surface area (Å²) in [6, 6.07) is 2.43. The Balaban J connectivity index is 2.95. The van der Waals surface area contributed by atoms with E-state index in [0.29, 0.717) is 12.5 Å². The number of nitrogens with one attached hydrogen (secondary N) is 1. The van der Waals surface area contributed by atoms with Crippen LogP contribution in [0.25, 0.3) is 0 Å². The lowest BCUT2D eigenvalue weighted by Crippen LogP contribution is -2.30. The van der Waals surface area contributed by atoms with Crippen LogP contribution in [0.4, 0.5) is 10.1 Å². The first kappa shape index (κ1) is 15.9. The number of nitrogen functional groups attached to an aromatic ring is 1. The number of benzene rings is 1. The fraction of sp³-hybridized carbons (Fsp3) is 0.538. The van der Waals surface area contributed by atoms with Crippen molar-refractivity contribution in [2.75, 3.05) is 12.3 Å². The first-order chi connectivity index (χ1) is 8.65. The van der Waals surface area contributed by atoms with E-state index < -0.39 is 15.8 Å². The third-order valence-corrected chi connectivity index (χ3v) is 4.70. The molecule has 0 saturated carbocycles. The number of nitrogens with two attached hydrogens (primary N) is 1. The zero-order valence-corrected chi connectivity index (χ0v) is 12.5. The van der Waals surface area contributed by atoms with Gasteiger partial charge in [0.05, 0.1) is 10.6 Å². The zero-order chi connectivity index (χ0) is 14.8. The van der Waals surface area contributed by atoms with E-state index in [1.807, 2.05) is 20.8 Å². The summed E-state index contributed by atoms with van der Waals surface area (Å²) < 4.78 is 40.1. The lowest BCUT2D eigenvalue weighted by atomic mass is 9.99. The molecule has 3 N–H and O–H groups in total. The first-order valence-corrected chi connectivity index (χ1v) is 7.68. The Morgan fingerprint density at radius 3 is 2.37 bits per heavy atom. The molecular weight excluding hydrogens is 267 g/mol. The van der Waals surface area contributed by atoms with Gasteiger partial charge in [0.25, 0.3) is 0 Å². The number of hydrogen-bond donors (Lipinski definition) is 2. The third-order valence-electron chi connectivity index (χ3n) is 3.30. The highest BCUT2D eigenvalue weighted by atomic mass is 32.2. The minimum Gasteiger partial charge on any atom is -0.396 e. The number of hydrogen-bond acceptors (Lipinski definition) is 3. The highest BCUT2D eigenvalue weighted by Crippen LogP contribution is 2.21. The molecule has 1 atom stereocenters. The van der Waals surface area contributed by atoms with Crippen molar-refractivity contribution in [2.45, 2.75) is 32.6 Å². The van der Waals surface area contributed by atoms with E-state index in [9.17, 15) is 12.8 Å². The van der Waals surface area contributed by atoms with Gasteiger partial charge in [0.15, 0.2) is 0 Å². The van der Waals surface area contributed by atoms with Crippen molar-refractivity contribution in [3.8, 4) is 0 Å². The van der Waals surface area contributed by atoms with Gasteiger partial charge in [-0.15, -0.1) is 0 Å². The van der Waals surface area contributed by atoms with Gasteiger partial charge < -0.3 is 5.73 Å². The summed E-state index contributed by atoms with van der Waals surface area (Å²) in [6.45, 7) is 7.85. The Bertz CT molecular complexity index is 533. The van der Waals surface area contributed by atoms with Gasteiger partial charge in [0.1, 0.15) is 5.82 Å². The second kappa shape index (κ2) is 5.88. The van der Waals surface area contributed by atoms with Gasteiger partial charge in [-0.25, -0.2) is 17.5 Å². The van der Waals surface area contributed by atoms with Crippen molar-refractivity contribution in [1.29, 1.82) is 0 Å². The van der Waals surface area contributed by atoms with Crippen LogP contribution in [0.1, 0.15) is 26.3 Å². The van der Waals surface area contributed by atoms with Crippen molar-refractivity contribution in [3.05, 3.63) is 23.5 Å². The molecule has 0 fully saturated rings. The monoisotopic (exact) mass is 288 g/mol. The number of aryl methyl sites for hydroxylation is 1. The Kier molecular flexibility index (Phi) is 4.92. The molecule has 0 spiro atoms. The Morgan fingerprint density at radius 1 is 1.32 bits per heavy atom. The summed E-state index contributed by atoms with van der Waals surface area (Å²) in [5.74, 6) is 0.0193. The van der Waals surface area contributed by atoms with Crippen molar-refractivity contribution in [1.82, 2.24) is 4.72 Å². The van der Waals surface area contributed by atoms with Crippen LogP contribution in [-0.2, 0) is 10.0 Å². The molecule has 0 saturated heterocycles. The molecular formula is C13H21FN2O2S. The summed E-state index contributed by atoms with van der Waals surface area (Å²) in [4.78, 5) is -0.000133. The lowest BCUT2D eigenvalue weighted by molar-refractivity contribution is 0.414. The van der Waals surface area contributed by atoms with Crippen LogP contribution in [0.5, 0.6) is 0 Å². The molecule has 0 aliphatic carbocycles. The van der Waals surface area contributed by atoms with Gasteiger partial charge in [-0.3, -0.25) is 0 Å².